The summed E-state index contributed by atoms with van der Waals surface area (Å²) in [6, 6.07) is 15.6. The van der Waals surface area contributed by atoms with Crippen LogP contribution in [0.15, 0.2) is 59.3 Å². The van der Waals surface area contributed by atoms with Crippen LogP contribution < -0.4 is 16.0 Å². The van der Waals surface area contributed by atoms with Crippen molar-refractivity contribution in [3.05, 3.63) is 81.8 Å². The van der Waals surface area contributed by atoms with Gasteiger partial charge in [-0.3, -0.25) is 4.79 Å². The van der Waals surface area contributed by atoms with Gasteiger partial charge < -0.3 is 16.0 Å². The Morgan fingerprint density at radius 3 is 2.71 bits per heavy atom. The van der Waals surface area contributed by atoms with Gasteiger partial charge in [0.05, 0.1) is 12.5 Å². The molecule has 3 aromatic rings. The van der Waals surface area contributed by atoms with Gasteiger partial charge in [0, 0.05) is 17.6 Å². The van der Waals surface area contributed by atoms with Gasteiger partial charge in [-0.1, -0.05) is 52.3 Å². The molecule has 1 amide bonds. The number of nitrogens with zero attached hydrogens (tertiary/aromatic N) is 3. The summed E-state index contributed by atoms with van der Waals surface area (Å²) in [7, 11) is 0. The lowest BCUT2D eigenvalue weighted by molar-refractivity contribution is -0.117. The normalized spacial score (nSPS) is 15.8. The van der Waals surface area contributed by atoms with Crippen molar-refractivity contribution in [3.63, 3.8) is 0 Å². The zero-order valence-corrected chi connectivity index (χ0v) is 18.5. The van der Waals surface area contributed by atoms with Crippen LogP contribution in [-0.4, -0.2) is 22.4 Å². The fourth-order valence-electron chi connectivity index (χ4n) is 3.93. The number of nitrogens with one attached hydrogen (secondary N) is 1. The molecule has 0 aliphatic carbocycles. The second-order valence-electron chi connectivity index (χ2n) is 7.58. The van der Waals surface area contributed by atoms with Gasteiger partial charge in [0.1, 0.15) is 6.33 Å². The number of hydrogen-bond acceptors (Lipinski definition) is 5. The standard InChI is InChI=1S/C23H23BrFN5O/c24-18-4-1-3-17(12-18)19-5-2-10-30(19)23-21(25)22(28-14-29-23)27-13-16-8-6-15(7-9-16)11-20(26)31/h1,3-4,6-9,12,14,19H,2,5,10-11,13H2,(H2,26,31)(H,27,28,29). The van der Waals surface area contributed by atoms with Crippen LogP contribution in [0, 0.1) is 5.82 Å². The molecule has 0 spiro atoms. The lowest BCUT2D eigenvalue weighted by Gasteiger charge is -2.27. The molecule has 0 bridgehead atoms. The average Bonchev–Trinajstić information content (AvgIpc) is 3.23. The molecule has 1 aliphatic rings. The van der Waals surface area contributed by atoms with E-state index in [4.69, 9.17) is 5.73 Å². The highest BCUT2D eigenvalue weighted by Crippen LogP contribution is 2.37. The predicted molar refractivity (Wildman–Crippen MR) is 122 cm³/mol. The SMILES string of the molecule is NC(=O)Cc1ccc(CNc2ncnc(N3CCCC3c3cccc(Br)c3)c2F)cc1. The molecule has 6 nitrogen and oxygen atoms in total. The number of nitrogens with two attached hydrogens (primary N) is 1. The van der Waals surface area contributed by atoms with Crippen molar-refractivity contribution in [2.75, 3.05) is 16.8 Å². The Kier molecular flexibility index (Phi) is 6.46. The summed E-state index contributed by atoms with van der Waals surface area (Å²) in [5.41, 5.74) is 8.15. The number of benzene rings is 2. The van der Waals surface area contributed by atoms with E-state index in [1.54, 1.807) is 0 Å². The van der Waals surface area contributed by atoms with Gasteiger partial charge in [0.15, 0.2) is 11.6 Å². The van der Waals surface area contributed by atoms with E-state index >= 15 is 4.39 Å². The van der Waals surface area contributed by atoms with Crippen LogP contribution in [0.5, 0.6) is 0 Å². The first-order chi connectivity index (χ1) is 15.0. The van der Waals surface area contributed by atoms with E-state index < -0.39 is 5.82 Å². The van der Waals surface area contributed by atoms with Gasteiger partial charge >= 0.3 is 0 Å². The van der Waals surface area contributed by atoms with Crippen LogP contribution >= 0.6 is 15.9 Å². The molecule has 1 atom stereocenters. The summed E-state index contributed by atoms with van der Waals surface area (Å²) < 4.78 is 16.3. The minimum Gasteiger partial charge on any atom is -0.369 e. The second kappa shape index (κ2) is 9.43. The number of amides is 1. The summed E-state index contributed by atoms with van der Waals surface area (Å²) in [5.74, 6) is -0.331. The third-order valence-electron chi connectivity index (χ3n) is 5.39. The molecular formula is C23H23BrFN5O. The summed E-state index contributed by atoms with van der Waals surface area (Å²) in [4.78, 5) is 21.4. The van der Waals surface area contributed by atoms with Gasteiger partial charge in [0.2, 0.25) is 11.7 Å². The molecule has 8 heteroatoms. The van der Waals surface area contributed by atoms with Crippen molar-refractivity contribution in [2.24, 2.45) is 5.73 Å². The minimum atomic E-state index is -0.449. The Labute approximate surface area is 188 Å². The molecule has 0 saturated carbocycles. The van der Waals surface area contributed by atoms with Crippen molar-refractivity contribution in [3.8, 4) is 0 Å². The molecule has 2 aromatic carbocycles. The number of rotatable bonds is 7. The highest BCUT2D eigenvalue weighted by molar-refractivity contribution is 9.10. The highest BCUT2D eigenvalue weighted by Gasteiger charge is 2.30. The third-order valence-corrected chi connectivity index (χ3v) is 5.88. The minimum absolute atomic E-state index is 0.0764. The Bertz CT molecular complexity index is 1080. The van der Waals surface area contributed by atoms with Crippen LogP contribution in [0.25, 0.3) is 0 Å². The number of carbonyl (C=O) groups excluding carboxylic acids is 1. The van der Waals surface area contributed by atoms with Crippen molar-refractivity contribution in [1.29, 1.82) is 0 Å². The lowest BCUT2D eigenvalue weighted by atomic mass is 10.0. The van der Waals surface area contributed by atoms with Crippen LogP contribution in [0.1, 0.15) is 35.6 Å². The van der Waals surface area contributed by atoms with E-state index in [1.165, 1.54) is 6.33 Å². The maximum absolute atomic E-state index is 15.3. The Hall–Kier alpha value is -3.00. The van der Waals surface area contributed by atoms with Crippen molar-refractivity contribution < 1.29 is 9.18 Å². The van der Waals surface area contributed by atoms with E-state index in [9.17, 15) is 4.79 Å². The van der Waals surface area contributed by atoms with Crippen molar-refractivity contribution in [1.82, 2.24) is 9.97 Å². The zero-order chi connectivity index (χ0) is 21.8. The number of primary amides is 1. The van der Waals surface area contributed by atoms with Gasteiger partial charge in [-0.25, -0.2) is 9.97 Å². The predicted octanol–water partition coefficient (Wildman–Crippen LogP) is 4.36. The highest BCUT2D eigenvalue weighted by atomic mass is 79.9. The molecule has 4 rings (SSSR count). The average molecular weight is 484 g/mol. The first-order valence-corrected chi connectivity index (χ1v) is 10.9. The van der Waals surface area contributed by atoms with Gasteiger partial charge in [-0.05, 0) is 41.7 Å². The monoisotopic (exact) mass is 483 g/mol. The van der Waals surface area contributed by atoms with Crippen LogP contribution in [-0.2, 0) is 17.8 Å². The lowest BCUT2D eigenvalue weighted by Crippen LogP contribution is -2.25. The smallest absolute Gasteiger partial charge is 0.221 e. The maximum atomic E-state index is 15.3. The first-order valence-electron chi connectivity index (χ1n) is 10.1. The molecule has 0 radical (unpaired) electrons. The Morgan fingerprint density at radius 2 is 1.97 bits per heavy atom. The molecule has 31 heavy (non-hydrogen) atoms. The fraction of sp³-hybridized carbons (Fsp3) is 0.261. The molecule has 2 heterocycles. The summed E-state index contributed by atoms with van der Waals surface area (Å²) >= 11 is 3.52. The number of anilines is 2. The van der Waals surface area contributed by atoms with E-state index in [0.717, 1.165) is 40.5 Å². The molecule has 3 N–H and O–H groups in total. The summed E-state index contributed by atoms with van der Waals surface area (Å²) in [6.45, 7) is 1.14. The van der Waals surface area contributed by atoms with Gasteiger partial charge in [0.25, 0.3) is 0 Å². The summed E-state index contributed by atoms with van der Waals surface area (Å²) in [6.07, 6.45) is 3.51. The molecule has 1 unspecified atom stereocenters. The molecule has 1 saturated heterocycles. The van der Waals surface area contributed by atoms with E-state index in [1.807, 2.05) is 41.3 Å². The Balaban J connectivity index is 1.49. The third kappa shape index (κ3) is 5.02. The largest absolute Gasteiger partial charge is 0.369 e. The molecule has 160 valence electrons. The maximum Gasteiger partial charge on any atom is 0.221 e. The molecular weight excluding hydrogens is 461 g/mol. The van der Waals surface area contributed by atoms with E-state index in [-0.39, 0.29) is 24.2 Å². The molecule has 1 aromatic heterocycles. The van der Waals surface area contributed by atoms with E-state index in [2.05, 4.69) is 43.3 Å². The van der Waals surface area contributed by atoms with E-state index in [0.29, 0.717) is 12.4 Å². The van der Waals surface area contributed by atoms with Crippen molar-refractivity contribution >= 4 is 33.5 Å². The second-order valence-corrected chi connectivity index (χ2v) is 8.50. The van der Waals surface area contributed by atoms with Crippen LogP contribution in [0.2, 0.25) is 0 Å². The fourth-order valence-corrected chi connectivity index (χ4v) is 4.34. The van der Waals surface area contributed by atoms with Gasteiger partial charge in [-0.2, -0.15) is 4.39 Å². The number of carbonyl (C=O) groups is 1. The van der Waals surface area contributed by atoms with Gasteiger partial charge in [-0.15, -0.1) is 0 Å². The zero-order valence-electron chi connectivity index (χ0n) is 16.9. The number of hydrogen-bond donors (Lipinski definition) is 2. The first kappa shape index (κ1) is 21.2. The Morgan fingerprint density at radius 1 is 1.19 bits per heavy atom. The van der Waals surface area contributed by atoms with Crippen LogP contribution in [0.4, 0.5) is 16.0 Å². The van der Waals surface area contributed by atoms with Crippen LogP contribution in [0.3, 0.4) is 0 Å². The quantitative estimate of drug-likeness (QED) is 0.521. The topological polar surface area (TPSA) is 84.1 Å². The molecule has 1 fully saturated rings. The number of aromatic nitrogens is 2. The molecule has 1 aliphatic heterocycles. The summed E-state index contributed by atoms with van der Waals surface area (Å²) in [5, 5.41) is 3.07. The number of halogens is 2. The van der Waals surface area contributed by atoms with Crippen molar-refractivity contribution in [2.45, 2.75) is 31.8 Å².